The van der Waals surface area contributed by atoms with E-state index in [-0.39, 0.29) is 0 Å². The lowest BCUT2D eigenvalue weighted by Gasteiger charge is -2.26. The van der Waals surface area contributed by atoms with E-state index in [0.29, 0.717) is 18.9 Å². The fraction of sp³-hybridized carbons (Fsp3) is 0.545. The van der Waals surface area contributed by atoms with Crippen LogP contribution in [0.5, 0.6) is 0 Å². The van der Waals surface area contributed by atoms with Crippen LogP contribution in [-0.4, -0.2) is 16.6 Å². The quantitative estimate of drug-likeness (QED) is 0.759. The zero-order chi connectivity index (χ0) is 10.6. The molecule has 0 radical (unpaired) electrons. The first-order chi connectivity index (χ1) is 6.56. The van der Waals surface area contributed by atoms with Crippen molar-refractivity contribution in [1.29, 1.82) is 0 Å². The Kier molecular flexibility index (Phi) is 3.61. The molecule has 0 spiro atoms. The third kappa shape index (κ3) is 2.79. The van der Waals surface area contributed by atoms with E-state index in [1.54, 1.807) is 19.3 Å². The number of nitrogens with two attached hydrogens (primary N) is 1. The molecule has 0 aliphatic carbocycles. The van der Waals surface area contributed by atoms with E-state index in [2.05, 4.69) is 4.98 Å². The molecular weight excluding hydrogens is 176 g/mol. The minimum atomic E-state index is -0.826. The van der Waals surface area contributed by atoms with Crippen LogP contribution >= 0.6 is 0 Å². The Morgan fingerprint density at radius 2 is 2.36 bits per heavy atom. The molecule has 0 aromatic carbocycles. The van der Waals surface area contributed by atoms with Crippen molar-refractivity contribution < 1.29 is 5.11 Å². The second-order valence-corrected chi connectivity index (χ2v) is 4.06. The van der Waals surface area contributed by atoms with E-state index in [4.69, 9.17) is 5.73 Å². The van der Waals surface area contributed by atoms with Crippen LogP contribution < -0.4 is 5.73 Å². The van der Waals surface area contributed by atoms with Crippen molar-refractivity contribution in [2.45, 2.75) is 25.9 Å². The predicted octanol–water partition coefficient (Wildman–Crippen LogP) is 1.27. The fourth-order valence-electron chi connectivity index (χ4n) is 1.56. The second-order valence-electron chi connectivity index (χ2n) is 4.06. The van der Waals surface area contributed by atoms with E-state index in [9.17, 15) is 5.11 Å². The van der Waals surface area contributed by atoms with Crippen molar-refractivity contribution in [2.24, 2.45) is 11.7 Å². The highest BCUT2D eigenvalue weighted by molar-refractivity contribution is 5.16. The Morgan fingerprint density at radius 1 is 1.64 bits per heavy atom. The van der Waals surface area contributed by atoms with Crippen molar-refractivity contribution in [1.82, 2.24) is 4.98 Å². The van der Waals surface area contributed by atoms with Crippen molar-refractivity contribution in [2.75, 3.05) is 6.54 Å². The molecule has 1 aromatic heterocycles. The molecule has 0 bridgehead atoms. The highest BCUT2D eigenvalue weighted by atomic mass is 16.3. The number of rotatable bonds is 4. The van der Waals surface area contributed by atoms with Gasteiger partial charge in [-0.15, -0.1) is 0 Å². The van der Waals surface area contributed by atoms with E-state index >= 15 is 0 Å². The maximum Gasteiger partial charge on any atom is 0.0886 e. The van der Waals surface area contributed by atoms with Gasteiger partial charge < -0.3 is 10.8 Å². The van der Waals surface area contributed by atoms with Crippen molar-refractivity contribution in [3.8, 4) is 0 Å². The summed E-state index contributed by atoms with van der Waals surface area (Å²) >= 11 is 0. The molecule has 1 heterocycles. The molecule has 2 unspecified atom stereocenters. The van der Waals surface area contributed by atoms with Gasteiger partial charge in [-0.3, -0.25) is 4.98 Å². The molecule has 1 rings (SSSR count). The van der Waals surface area contributed by atoms with Gasteiger partial charge >= 0.3 is 0 Å². The standard InChI is InChI=1S/C11H18N2O/c1-9(7-12)6-11(2,14)10-4-3-5-13-8-10/h3-5,8-9,14H,6-7,12H2,1-2H3. The zero-order valence-corrected chi connectivity index (χ0v) is 8.77. The lowest BCUT2D eigenvalue weighted by molar-refractivity contribution is 0.0332. The minimum Gasteiger partial charge on any atom is -0.385 e. The van der Waals surface area contributed by atoms with Crippen LogP contribution in [0.25, 0.3) is 0 Å². The summed E-state index contributed by atoms with van der Waals surface area (Å²) in [5, 5.41) is 10.2. The van der Waals surface area contributed by atoms with Crippen LogP contribution in [-0.2, 0) is 5.60 Å². The summed E-state index contributed by atoms with van der Waals surface area (Å²) in [7, 11) is 0. The van der Waals surface area contributed by atoms with Gasteiger partial charge in [0.05, 0.1) is 5.60 Å². The smallest absolute Gasteiger partial charge is 0.0886 e. The summed E-state index contributed by atoms with van der Waals surface area (Å²) < 4.78 is 0. The van der Waals surface area contributed by atoms with Crippen LogP contribution in [0.1, 0.15) is 25.8 Å². The summed E-state index contributed by atoms with van der Waals surface area (Å²) in [6.45, 7) is 4.43. The van der Waals surface area contributed by atoms with Gasteiger partial charge in [-0.2, -0.15) is 0 Å². The Hall–Kier alpha value is -0.930. The van der Waals surface area contributed by atoms with Gasteiger partial charge in [0.25, 0.3) is 0 Å². The Balaban J connectivity index is 2.75. The second kappa shape index (κ2) is 4.53. The average Bonchev–Trinajstić information content (AvgIpc) is 2.18. The number of aliphatic hydroxyl groups is 1. The highest BCUT2D eigenvalue weighted by Gasteiger charge is 2.25. The molecule has 78 valence electrons. The highest BCUT2D eigenvalue weighted by Crippen LogP contribution is 2.26. The minimum absolute atomic E-state index is 0.310. The SMILES string of the molecule is CC(CN)CC(C)(O)c1cccnc1. The van der Waals surface area contributed by atoms with Crippen LogP contribution in [0, 0.1) is 5.92 Å². The largest absolute Gasteiger partial charge is 0.385 e. The molecule has 0 amide bonds. The Labute approximate surface area is 85.0 Å². The van der Waals surface area contributed by atoms with Gasteiger partial charge in [-0.05, 0) is 31.9 Å². The fourth-order valence-corrected chi connectivity index (χ4v) is 1.56. The van der Waals surface area contributed by atoms with Gasteiger partial charge in [-0.1, -0.05) is 13.0 Å². The topological polar surface area (TPSA) is 59.1 Å². The molecule has 0 aliphatic rings. The molecule has 0 saturated carbocycles. The van der Waals surface area contributed by atoms with Gasteiger partial charge in [0.15, 0.2) is 0 Å². The summed E-state index contributed by atoms with van der Waals surface area (Å²) in [5.41, 5.74) is 5.55. The Morgan fingerprint density at radius 3 is 2.86 bits per heavy atom. The summed E-state index contributed by atoms with van der Waals surface area (Å²) in [4.78, 5) is 3.99. The van der Waals surface area contributed by atoms with E-state index in [1.807, 2.05) is 19.1 Å². The predicted molar refractivity (Wildman–Crippen MR) is 56.6 cm³/mol. The lowest BCUT2D eigenvalue weighted by Crippen LogP contribution is -2.27. The molecule has 3 N–H and O–H groups in total. The molecule has 14 heavy (non-hydrogen) atoms. The maximum absolute atomic E-state index is 10.2. The first-order valence-electron chi connectivity index (χ1n) is 4.89. The van der Waals surface area contributed by atoms with Crippen LogP contribution in [0.15, 0.2) is 24.5 Å². The van der Waals surface area contributed by atoms with Gasteiger partial charge in [0.2, 0.25) is 0 Å². The lowest BCUT2D eigenvalue weighted by atomic mass is 9.88. The van der Waals surface area contributed by atoms with Gasteiger partial charge in [0.1, 0.15) is 0 Å². The number of aromatic nitrogens is 1. The molecule has 0 aliphatic heterocycles. The van der Waals surface area contributed by atoms with Gasteiger partial charge in [0, 0.05) is 18.0 Å². The third-order valence-corrected chi connectivity index (χ3v) is 2.43. The molecular formula is C11H18N2O. The monoisotopic (exact) mass is 194 g/mol. The van der Waals surface area contributed by atoms with Crippen molar-refractivity contribution in [3.63, 3.8) is 0 Å². The summed E-state index contributed by atoms with van der Waals surface area (Å²) in [6, 6.07) is 3.72. The van der Waals surface area contributed by atoms with Crippen LogP contribution in [0.2, 0.25) is 0 Å². The number of pyridine rings is 1. The molecule has 0 fully saturated rings. The van der Waals surface area contributed by atoms with Crippen LogP contribution in [0.4, 0.5) is 0 Å². The zero-order valence-electron chi connectivity index (χ0n) is 8.77. The average molecular weight is 194 g/mol. The first kappa shape index (κ1) is 11.1. The summed E-state index contributed by atoms with van der Waals surface area (Å²) in [5.74, 6) is 0.310. The third-order valence-electron chi connectivity index (χ3n) is 2.43. The molecule has 0 saturated heterocycles. The molecule has 2 atom stereocenters. The normalized spacial score (nSPS) is 17.4. The number of hydrogen-bond acceptors (Lipinski definition) is 3. The maximum atomic E-state index is 10.2. The molecule has 3 nitrogen and oxygen atoms in total. The van der Waals surface area contributed by atoms with Crippen molar-refractivity contribution >= 4 is 0 Å². The Bertz CT molecular complexity index is 272. The van der Waals surface area contributed by atoms with E-state index in [1.165, 1.54) is 0 Å². The molecule has 1 aromatic rings. The van der Waals surface area contributed by atoms with Gasteiger partial charge in [-0.25, -0.2) is 0 Å². The van der Waals surface area contributed by atoms with Crippen LogP contribution in [0.3, 0.4) is 0 Å². The number of hydrogen-bond donors (Lipinski definition) is 2. The van der Waals surface area contributed by atoms with Crippen molar-refractivity contribution in [3.05, 3.63) is 30.1 Å². The van der Waals surface area contributed by atoms with E-state index < -0.39 is 5.60 Å². The van der Waals surface area contributed by atoms with E-state index in [0.717, 1.165) is 5.56 Å². The molecule has 3 heteroatoms. The summed E-state index contributed by atoms with van der Waals surface area (Å²) in [6.07, 6.45) is 4.06. The number of nitrogens with zero attached hydrogens (tertiary/aromatic N) is 1. The first-order valence-corrected chi connectivity index (χ1v) is 4.89.